The highest BCUT2D eigenvalue weighted by molar-refractivity contribution is 5.95. The number of amides is 1. The first kappa shape index (κ1) is 17.7. The van der Waals surface area contributed by atoms with E-state index in [0.717, 1.165) is 6.42 Å². The zero-order valence-corrected chi connectivity index (χ0v) is 14.2. The predicted molar refractivity (Wildman–Crippen MR) is 89.0 cm³/mol. The molecule has 0 unspecified atom stereocenters. The van der Waals surface area contributed by atoms with Crippen LogP contribution in [-0.2, 0) is 7.05 Å². The van der Waals surface area contributed by atoms with Gasteiger partial charge in [0.05, 0.1) is 19.8 Å². The lowest BCUT2D eigenvalue weighted by molar-refractivity contribution is 0.0937. The molecule has 0 aliphatic heterocycles. The molecule has 0 saturated heterocycles. The Bertz CT molecular complexity index is 686. The molecule has 0 radical (unpaired) electrons. The Balaban J connectivity index is 2.11. The van der Waals surface area contributed by atoms with Crippen LogP contribution in [0, 0.1) is 0 Å². The van der Waals surface area contributed by atoms with E-state index >= 15 is 0 Å². The van der Waals surface area contributed by atoms with Gasteiger partial charge in [0.2, 0.25) is 0 Å². The lowest BCUT2D eigenvalue weighted by Gasteiger charge is -2.15. The van der Waals surface area contributed by atoms with E-state index in [9.17, 15) is 4.79 Å². The maximum Gasteiger partial charge on any atom is 0.252 e. The number of benzene rings is 1. The summed E-state index contributed by atoms with van der Waals surface area (Å²) in [5.74, 6) is 1.54. The second-order valence-electron chi connectivity index (χ2n) is 5.29. The van der Waals surface area contributed by atoms with E-state index in [4.69, 9.17) is 15.2 Å². The highest BCUT2D eigenvalue weighted by atomic mass is 16.5. The molecule has 1 amide bonds. The first-order chi connectivity index (χ1) is 11.6. The summed E-state index contributed by atoms with van der Waals surface area (Å²) in [7, 11) is 3.34. The number of hydrogen-bond acceptors (Lipinski definition) is 6. The number of aromatic nitrogens is 3. The SMILES string of the molecule is COc1ccc(C(=O)N[C@H](C)c2ncnn2C)cc1OCCCN. The number of nitrogens with two attached hydrogens (primary N) is 1. The smallest absolute Gasteiger partial charge is 0.252 e. The molecule has 2 aromatic rings. The van der Waals surface area contributed by atoms with Gasteiger partial charge in [0.1, 0.15) is 12.2 Å². The molecule has 0 aliphatic rings. The molecule has 1 aromatic heterocycles. The van der Waals surface area contributed by atoms with E-state index in [0.29, 0.717) is 36.0 Å². The molecular formula is C16H23N5O3. The van der Waals surface area contributed by atoms with E-state index < -0.39 is 0 Å². The Labute approximate surface area is 141 Å². The second-order valence-corrected chi connectivity index (χ2v) is 5.29. The number of nitrogens with zero attached hydrogens (tertiary/aromatic N) is 3. The third kappa shape index (κ3) is 4.23. The van der Waals surface area contributed by atoms with Crippen molar-refractivity contribution in [2.75, 3.05) is 20.3 Å². The Morgan fingerprint density at radius 2 is 2.21 bits per heavy atom. The fraction of sp³-hybridized carbons (Fsp3) is 0.438. The molecule has 0 spiro atoms. The lowest BCUT2D eigenvalue weighted by Crippen LogP contribution is -2.28. The zero-order valence-electron chi connectivity index (χ0n) is 14.2. The fourth-order valence-corrected chi connectivity index (χ4v) is 2.24. The molecule has 0 fully saturated rings. The zero-order chi connectivity index (χ0) is 17.5. The topological polar surface area (TPSA) is 104 Å². The van der Waals surface area contributed by atoms with Crippen LogP contribution < -0.4 is 20.5 Å². The summed E-state index contributed by atoms with van der Waals surface area (Å²) in [4.78, 5) is 16.6. The van der Waals surface area contributed by atoms with Crippen LogP contribution in [0.25, 0.3) is 0 Å². The van der Waals surface area contributed by atoms with Crippen LogP contribution >= 0.6 is 0 Å². The van der Waals surface area contributed by atoms with Crippen molar-refractivity contribution in [3.63, 3.8) is 0 Å². The highest BCUT2D eigenvalue weighted by Crippen LogP contribution is 2.28. The molecule has 8 nitrogen and oxygen atoms in total. The summed E-state index contributed by atoms with van der Waals surface area (Å²) in [5, 5.41) is 6.90. The molecule has 3 N–H and O–H groups in total. The number of aryl methyl sites for hydroxylation is 1. The van der Waals surface area contributed by atoms with Gasteiger partial charge in [-0.15, -0.1) is 0 Å². The molecular weight excluding hydrogens is 310 g/mol. The van der Waals surface area contributed by atoms with Crippen LogP contribution in [0.3, 0.4) is 0 Å². The van der Waals surface area contributed by atoms with Crippen molar-refractivity contribution in [3.05, 3.63) is 35.9 Å². The first-order valence-electron chi connectivity index (χ1n) is 7.72. The van der Waals surface area contributed by atoms with Crippen LogP contribution in [0.15, 0.2) is 24.5 Å². The number of carbonyl (C=O) groups is 1. The van der Waals surface area contributed by atoms with Crippen molar-refractivity contribution in [2.24, 2.45) is 12.8 Å². The van der Waals surface area contributed by atoms with Gasteiger partial charge >= 0.3 is 0 Å². The van der Waals surface area contributed by atoms with E-state index in [1.807, 2.05) is 6.92 Å². The fourth-order valence-electron chi connectivity index (χ4n) is 2.24. The molecule has 130 valence electrons. The molecule has 2 rings (SSSR count). The quantitative estimate of drug-likeness (QED) is 0.700. The van der Waals surface area contributed by atoms with Crippen molar-refractivity contribution < 1.29 is 14.3 Å². The van der Waals surface area contributed by atoms with Crippen LogP contribution in [0.2, 0.25) is 0 Å². The van der Waals surface area contributed by atoms with Crippen LogP contribution in [-0.4, -0.2) is 40.9 Å². The summed E-state index contributed by atoms with van der Waals surface area (Å²) in [6, 6.07) is 4.79. The largest absolute Gasteiger partial charge is 0.493 e. The van der Waals surface area contributed by atoms with Gasteiger partial charge in [-0.3, -0.25) is 9.48 Å². The highest BCUT2D eigenvalue weighted by Gasteiger charge is 2.17. The van der Waals surface area contributed by atoms with Crippen LogP contribution in [0.4, 0.5) is 0 Å². The molecule has 1 aromatic carbocycles. The third-order valence-electron chi connectivity index (χ3n) is 3.51. The van der Waals surface area contributed by atoms with Crippen molar-refractivity contribution in [2.45, 2.75) is 19.4 Å². The van der Waals surface area contributed by atoms with Crippen molar-refractivity contribution in [1.29, 1.82) is 0 Å². The van der Waals surface area contributed by atoms with E-state index in [-0.39, 0.29) is 11.9 Å². The minimum Gasteiger partial charge on any atom is -0.493 e. The Morgan fingerprint density at radius 3 is 2.83 bits per heavy atom. The van der Waals surface area contributed by atoms with Gasteiger partial charge in [-0.25, -0.2) is 4.98 Å². The van der Waals surface area contributed by atoms with Gasteiger partial charge in [-0.2, -0.15) is 5.10 Å². The summed E-state index contributed by atoms with van der Waals surface area (Å²) in [6.07, 6.45) is 2.18. The minimum atomic E-state index is -0.270. The van der Waals surface area contributed by atoms with Crippen molar-refractivity contribution in [1.82, 2.24) is 20.1 Å². The number of rotatable bonds is 8. The number of carbonyl (C=O) groups excluding carboxylic acids is 1. The maximum atomic E-state index is 12.5. The second kappa shape index (κ2) is 8.30. The molecule has 1 heterocycles. The number of nitrogens with one attached hydrogen (secondary N) is 1. The van der Waals surface area contributed by atoms with Crippen LogP contribution in [0.1, 0.15) is 35.6 Å². The van der Waals surface area contributed by atoms with E-state index in [2.05, 4.69) is 15.4 Å². The monoisotopic (exact) mass is 333 g/mol. The standard InChI is InChI=1S/C16H23N5O3/c1-11(15-18-10-19-21(15)2)20-16(22)12-5-6-13(23-3)14(9-12)24-8-4-7-17/h5-6,9-11H,4,7-8,17H2,1-3H3,(H,20,22)/t11-/m1/s1. The normalized spacial score (nSPS) is 11.8. The van der Waals surface area contributed by atoms with Gasteiger partial charge in [-0.1, -0.05) is 0 Å². The van der Waals surface area contributed by atoms with Gasteiger partial charge in [0.25, 0.3) is 5.91 Å². The summed E-state index contributed by atoms with van der Waals surface area (Å²) < 4.78 is 12.5. The summed E-state index contributed by atoms with van der Waals surface area (Å²) in [5.41, 5.74) is 5.95. The van der Waals surface area contributed by atoms with Gasteiger partial charge in [-0.05, 0) is 38.1 Å². The van der Waals surface area contributed by atoms with Gasteiger partial charge in [0.15, 0.2) is 11.5 Å². The summed E-state index contributed by atoms with van der Waals surface area (Å²) >= 11 is 0. The minimum absolute atomic E-state index is 0.225. The predicted octanol–water partition coefficient (Wildman–Crippen LogP) is 1.04. The molecule has 0 aliphatic carbocycles. The van der Waals surface area contributed by atoms with Gasteiger partial charge in [0, 0.05) is 12.6 Å². The molecule has 8 heteroatoms. The summed E-state index contributed by atoms with van der Waals surface area (Å²) in [6.45, 7) is 2.86. The number of ether oxygens (including phenoxy) is 2. The average Bonchev–Trinajstić information content (AvgIpc) is 3.01. The maximum absolute atomic E-state index is 12.5. The van der Waals surface area contributed by atoms with Crippen LogP contribution in [0.5, 0.6) is 11.5 Å². The first-order valence-corrected chi connectivity index (χ1v) is 7.72. The van der Waals surface area contributed by atoms with Gasteiger partial charge < -0.3 is 20.5 Å². The Kier molecular flexibility index (Phi) is 6.14. The third-order valence-corrected chi connectivity index (χ3v) is 3.51. The van der Waals surface area contributed by atoms with Crippen molar-refractivity contribution in [3.8, 4) is 11.5 Å². The number of methoxy groups -OCH3 is 1. The van der Waals surface area contributed by atoms with Crippen molar-refractivity contribution >= 4 is 5.91 Å². The Morgan fingerprint density at radius 1 is 1.42 bits per heavy atom. The lowest BCUT2D eigenvalue weighted by atomic mass is 10.1. The van der Waals surface area contributed by atoms with E-state index in [1.54, 1.807) is 37.0 Å². The molecule has 0 saturated carbocycles. The molecule has 0 bridgehead atoms. The van der Waals surface area contributed by atoms with E-state index in [1.165, 1.54) is 6.33 Å². The molecule has 24 heavy (non-hydrogen) atoms. The molecule has 1 atom stereocenters. The average molecular weight is 333 g/mol. The number of hydrogen-bond donors (Lipinski definition) is 2. The Hall–Kier alpha value is -2.61.